The van der Waals surface area contributed by atoms with Crippen molar-refractivity contribution in [1.82, 2.24) is 15.1 Å². The highest BCUT2D eigenvalue weighted by Crippen LogP contribution is 2.24. The molecule has 3 nitrogen and oxygen atoms in total. The molecular weight excluding hydrogens is 333 g/mol. The first-order chi connectivity index (χ1) is 10.0. The number of hydrogen-bond donors (Lipinski definition) is 1. The Bertz CT molecular complexity index is 610. The number of nitrogens with zero attached hydrogens (tertiary/aromatic N) is 2. The minimum absolute atomic E-state index is 0.0526. The van der Waals surface area contributed by atoms with E-state index in [0.717, 1.165) is 35.2 Å². The van der Waals surface area contributed by atoms with Crippen LogP contribution in [0.2, 0.25) is 0 Å². The van der Waals surface area contributed by atoms with E-state index < -0.39 is 0 Å². The summed E-state index contributed by atoms with van der Waals surface area (Å²) in [6.07, 6.45) is 1.63. The van der Waals surface area contributed by atoms with Crippen molar-refractivity contribution < 1.29 is 4.39 Å². The van der Waals surface area contributed by atoms with Crippen molar-refractivity contribution in [1.29, 1.82) is 0 Å². The van der Waals surface area contributed by atoms with Crippen LogP contribution in [0.5, 0.6) is 0 Å². The second-order valence-electron chi connectivity index (χ2n) is 5.08. The average Bonchev–Trinajstić information content (AvgIpc) is 2.79. The fourth-order valence-corrected chi connectivity index (χ4v) is 2.80. The van der Waals surface area contributed by atoms with Crippen LogP contribution in [-0.2, 0) is 19.9 Å². The van der Waals surface area contributed by atoms with Crippen LogP contribution >= 0.6 is 15.9 Å². The van der Waals surface area contributed by atoms with Gasteiger partial charge in [0.1, 0.15) is 5.82 Å². The summed E-state index contributed by atoms with van der Waals surface area (Å²) in [5, 5.41) is 7.83. The Morgan fingerprint density at radius 3 is 2.67 bits per heavy atom. The molecule has 0 aliphatic heterocycles. The van der Waals surface area contributed by atoms with Crippen LogP contribution in [0.4, 0.5) is 4.39 Å². The second-order valence-corrected chi connectivity index (χ2v) is 6.00. The molecule has 1 aromatic heterocycles. The molecule has 114 valence electrons. The van der Waals surface area contributed by atoms with Crippen molar-refractivity contribution in [2.75, 3.05) is 6.54 Å². The van der Waals surface area contributed by atoms with Gasteiger partial charge in [0.2, 0.25) is 0 Å². The first-order valence-corrected chi connectivity index (χ1v) is 8.04. The minimum Gasteiger partial charge on any atom is -0.310 e. The molecule has 21 heavy (non-hydrogen) atoms. The van der Waals surface area contributed by atoms with E-state index in [9.17, 15) is 4.39 Å². The van der Waals surface area contributed by atoms with E-state index in [1.165, 1.54) is 6.07 Å². The van der Waals surface area contributed by atoms with E-state index in [-0.39, 0.29) is 11.9 Å². The summed E-state index contributed by atoms with van der Waals surface area (Å²) >= 11 is 3.30. The Hall–Kier alpha value is -1.20. The third-order valence-electron chi connectivity index (χ3n) is 3.59. The molecule has 1 heterocycles. The highest BCUT2D eigenvalue weighted by Gasteiger charge is 2.18. The first kappa shape index (κ1) is 16.2. The Balaban J connectivity index is 2.28. The van der Waals surface area contributed by atoms with Gasteiger partial charge in [-0.25, -0.2) is 4.39 Å². The number of aromatic nitrogens is 2. The summed E-state index contributed by atoms with van der Waals surface area (Å²) < 4.78 is 16.9. The topological polar surface area (TPSA) is 29.9 Å². The molecule has 2 aromatic rings. The predicted molar refractivity (Wildman–Crippen MR) is 86.8 cm³/mol. The molecule has 0 spiro atoms. The molecule has 0 saturated carbocycles. The van der Waals surface area contributed by atoms with Crippen molar-refractivity contribution in [2.45, 2.75) is 32.7 Å². The molecule has 0 saturated heterocycles. The van der Waals surface area contributed by atoms with Crippen LogP contribution < -0.4 is 5.32 Å². The number of aryl methyl sites for hydroxylation is 2. The summed E-state index contributed by atoms with van der Waals surface area (Å²) in [5.74, 6) is -0.187. The molecule has 1 unspecified atom stereocenters. The zero-order chi connectivity index (χ0) is 15.4. The zero-order valence-corrected chi connectivity index (χ0v) is 14.2. The van der Waals surface area contributed by atoms with Gasteiger partial charge in [0, 0.05) is 35.2 Å². The lowest BCUT2D eigenvalue weighted by Crippen LogP contribution is -2.24. The van der Waals surface area contributed by atoms with E-state index in [0.29, 0.717) is 5.56 Å². The van der Waals surface area contributed by atoms with Crippen LogP contribution in [-0.4, -0.2) is 16.3 Å². The molecule has 0 aliphatic carbocycles. The Morgan fingerprint density at radius 2 is 2.10 bits per heavy atom. The zero-order valence-electron chi connectivity index (χ0n) is 12.7. The lowest BCUT2D eigenvalue weighted by molar-refractivity contribution is 0.496. The largest absolute Gasteiger partial charge is 0.310 e. The van der Waals surface area contributed by atoms with Gasteiger partial charge in [-0.15, -0.1) is 0 Å². The fraction of sp³-hybridized carbons (Fsp3) is 0.438. The van der Waals surface area contributed by atoms with Gasteiger partial charge in [0.05, 0.1) is 5.69 Å². The van der Waals surface area contributed by atoms with Gasteiger partial charge in [0.15, 0.2) is 0 Å². The highest BCUT2D eigenvalue weighted by molar-refractivity contribution is 9.10. The average molecular weight is 354 g/mol. The first-order valence-electron chi connectivity index (χ1n) is 7.25. The van der Waals surface area contributed by atoms with E-state index >= 15 is 0 Å². The van der Waals surface area contributed by atoms with Gasteiger partial charge in [-0.05, 0) is 31.2 Å². The number of halogens is 2. The van der Waals surface area contributed by atoms with Crippen molar-refractivity contribution in [3.63, 3.8) is 0 Å². The molecule has 2 rings (SSSR count). The van der Waals surface area contributed by atoms with Crippen molar-refractivity contribution >= 4 is 15.9 Å². The summed E-state index contributed by atoms with van der Waals surface area (Å²) in [6, 6.07) is 7.28. The minimum atomic E-state index is -0.187. The van der Waals surface area contributed by atoms with Gasteiger partial charge in [0.25, 0.3) is 0 Å². The van der Waals surface area contributed by atoms with Gasteiger partial charge in [-0.2, -0.15) is 5.10 Å². The second kappa shape index (κ2) is 7.18. The molecule has 0 aliphatic rings. The summed E-state index contributed by atoms with van der Waals surface area (Å²) in [7, 11) is 1.94. The third kappa shape index (κ3) is 3.92. The molecule has 0 fully saturated rings. The molecule has 1 N–H and O–H groups in total. The van der Waals surface area contributed by atoms with Crippen LogP contribution in [0.15, 0.2) is 28.7 Å². The lowest BCUT2D eigenvalue weighted by atomic mass is 10.0. The quantitative estimate of drug-likeness (QED) is 0.856. The van der Waals surface area contributed by atoms with Gasteiger partial charge in [-0.1, -0.05) is 35.8 Å². The molecule has 5 heteroatoms. The maximum absolute atomic E-state index is 14.2. The van der Waals surface area contributed by atoms with Crippen LogP contribution in [0.25, 0.3) is 0 Å². The van der Waals surface area contributed by atoms with Crippen LogP contribution in [0.1, 0.15) is 36.8 Å². The normalized spacial score (nSPS) is 12.6. The number of rotatable bonds is 6. The number of nitrogens with one attached hydrogen (secondary N) is 1. The van der Waals surface area contributed by atoms with Crippen LogP contribution in [0, 0.1) is 5.82 Å². The van der Waals surface area contributed by atoms with E-state index in [1.807, 2.05) is 30.8 Å². The van der Waals surface area contributed by atoms with Crippen LogP contribution in [0.3, 0.4) is 0 Å². The summed E-state index contributed by atoms with van der Waals surface area (Å²) in [5.41, 5.74) is 2.87. The number of benzene rings is 1. The van der Waals surface area contributed by atoms with E-state index in [4.69, 9.17) is 0 Å². The monoisotopic (exact) mass is 353 g/mol. The van der Waals surface area contributed by atoms with Gasteiger partial charge < -0.3 is 5.32 Å². The fourth-order valence-electron chi connectivity index (χ4n) is 2.47. The third-order valence-corrected chi connectivity index (χ3v) is 4.08. The maximum Gasteiger partial charge on any atom is 0.129 e. The van der Waals surface area contributed by atoms with Crippen molar-refractivity contribution in [2.24, 2.45) is 7.05 Å². The molecule has 1 aromatic carbocycles. The number of hydrogen-bond acceptors (Lipinski definition) is 2. The van der Waals surface area contributed by atoms with Crippen molar-refractivity contribution in [3.8, 4) is 0 Å². The molecule has 0 radical (unpaired) electrons. The Kier molecular flexibility index (Phi) is 5.53. The molecular formula is C16H21BrFN3. The predicted octanol–water partition coefficient (Wildman–Crippen LogP) is 3.78. The Labute approximate surface area is 133 Å². The number of likely N-dealkylation sites (N-methyl/N-ethyl adjacent to an activating group) is 1. The smallest absolute Gasteiger partial charge is 0.129 e. The molecule has 1 atom stereocenters. The van der Waals surface area contributed by atoms with Gasteiger partial charge in [-0.3, -0.25) is 4.68 Å². The highest BCUT2D eigenvalue weighted by atomic mass is 79.9. The van der Waals surface area contributed by atoms with Gasteiger partial charge >= 0.3 is 0 Å². The van der Waals surface area contributed by atoms with E-state index in [1.54, 1.807) is 0 Å². The SMILES string of the molecule is CCNC(Cc1cc(CC)nn1C)c1ccc(Br)cc1F. The lowest BCUT2D eigenvalue weighted by Gasteiger charge is -2.19. The van der Waals surface area contributed by atoms with Crippen molar-refractivity contribution in [3.05, 3.63) is 51.5 Å². The maximum atomic E-state index is 14.2. The summed E-state index contributed by atoms with van der Waals surface area (Å²) in [6.45, 7) is 4.91. The molecule has 0 bridgehead atoms. The van der Waals surface area contributed by atoms with E-state index in [2.05, 4.69) is 39.3 Å². The standard InChI is InChI=1S/C16H21BrFN3/c1-4-12-9-13(21(3)20-12)10-16(19-5-2)14-7-6-11(17)8-15(14)18/h6-9,16,19H,4-5,10H2,1-3H3. The summed E-state index contributed by atoms with van der Waals surface area (Å²) in [4.78, 5) is 0. The molecule has 0 amide bonds. The Morgan fingerprint density at radius 1 is 1.33 bits per heavy atom.